The lowest BCUT2D eigenvalue weighted by Gasteiger charge is -2.29. The Morgan fingerprint density at radius 3 is 2.46 bits per heavy atom. The van der Waals surface area contributed by atoms with Gasteiger partial charge in [0.1, 0.15) is 12.6 Å². The fourth-order valence-electron chi connectivity index (χ4n) is 3.40. The zero-order valence-electron chi connectivity index (χ0n) is 12.8. The van der Waals surface area contributed by atoms with Crippen LogP contribution in [-0.4, -0.2) is 33.6 Å². The summed E-state index contributed by atoms with van der Waals surface area (Å²) in [4.78, 5) is 31.4. The van der Waals surface area contributed by atoms with Gasteiger partial charge in [-0.2, -0.15) is 5.06 Å². The van der Waals surface area contributed by atoms with E-state index in [9.17, 15) is 14.7 Å². The summed E-state index contributed by atoms with van der Waals surface area (Å²) in [5, 5.41) is 10.9. The van der Waals surface area contributed by atoms with Crippen molar-refractivity contribution in [2.24, 2.45) is 0 Å². The predicted octanol–water partition coefficient (Wildman–Crippen LogP) is 2.74. The molecule has 2 aromatic carbocycles. The number of carbonyl (C=O) groups excluding carboxylic acids is 1. The normalized spacial score (nSPS) is 21.8. The Kier molecular flexibility index (Phi) is 3.46. The number of urea groups is 1. The molecule has 6 heteroatoms. The molecule has 0 radical (unpaired) electrons. The third-order valence-electron chi connectivity index (χ3n) is 4.50. The Morgan fingerprint density at radius 1 is 1.08 bits per heavy atom. The third kappa shape index (κ3) is 2.23. The first kappa shape index (κ1) is 14.7. The maximum atomic E-state index is 12.7. The van der Waals surface area contributed by atoms with Crippen molar-refractivity contribution in [3.05, 3.63) is 71.3 Å². The molecule has 6 nitrogen and oxygen atoms in total. The SMILES string of the molecule is O=C(O)C1c2ccccc2[C@@H]2CN1C(=O)N2OCc1ccccc1. The number of carboxylic acids is 1. The van der Waals surface area contributed by atoms with Crippen LogP contribution in [0.25, 0.3) is 0 Å². The van der Waals surface area contributed by atoms with Crippen LogP contribution < -0.4 is 0 Å². The molecular formula is C18H16N2O4. The van der Waals surface area contributed by atoms with Crippen molar-refractivity contribution in [3.63, 3.8) is 0 Å². The van der Waals surface area contributed by atoms with Gasteiger partial charge in [-0.25, -0.2) is 9.59 Å². The van der Waals surface area contributed by atoms with Gasteiger partial charge in [0.15, 0.2) is 6.04 Å². The van der Waals surface area contributed by atoms with Crippen molar-refractivity contribution in [1.82, 2.24) is 9.96 Å². The van der Waals surface area contributed by atoms with Crippen LogP contribution in [0.1, 0.15) is 28.8 Å². The maximum Gasteiger partial charge on any atom is 0.345 e. The summed E-state index contributed by atoms with van der Waals surface area (Å²) in [6, 6.07) is 15.2. The van der Waals surface area contributed by atoms with Crippen molar-refractivity contribution in [3.8, 4) is 0 Å². The van der Waals surface area contributed by atoms with E-state index in [4.69, 9.17) is 4.84 Å². The zero-order valence-corrected chi connectivity index (χ0v) is 12.8. The number of hydroxylamine groups is 2. The van der Waals surface area contributed by atoms with Crippen molar-refractivity contribution in [1.29, 1.82) is 0 Å². The quantitative estimate of drug-likeness (QED) is 0.939. The number of fused-ring (bicyclic) bond motifs is 4. The summed E-state index contributed by atoms with van der Waals surface area (Å²) < 4.78 is 0. The highest BCUT2D eigenvalue weighted by Gasteiger charge is 2.50. The Hall–Kier alpha value is -2.86. The molecule has 2 bridgehead atoms. The highest BCUT2D eigenvalue weighted by atomic mass is 16.7. The Morgan fingerprint density at radius 2 is 1.75 bits per heavy atom. The number of carboxylic acid groups (broad SMARTS) is 1. The van der Waals surface area contributed by atoms with Gasteiger partial charge in [0, 0.05) is 0 Å². The minimum Gasteiger partial charge on any atom is -0.479 e. The predicted molar refractivity (Wildman–Crippen MR) is 84.7 cm³/mol. The highest BCUT2D eigenvalue weighted by Crippen LogP contribution is 2.43. The average Bonchev–Trinajstić information content (AvgIpc) is 2.87. The van der Waals surface area contributed by atoms with E-state index < -0.39 is 18.0 Å². The second-order valence-electron chi connectivity index (χ2n) is 5.91. The number of hydrogen-bond acceptors (Lipinski definition) is 3. The van der Waals surface area contributed by atoms with Crippen LogP contribution in [0.15, 0.2) is 54.6 Å². The molecular weight excluding hydrogens is 308 g/mol. The number of rotatable bonds is 4. The summed E-state index contributed by atoms with van der Waals surface area (Å²) in [5.41, 5.74) is 2.44. The monoisotopic (exact) mass is 324 g/mol. The van der Waals surface area contributed by atoms with Crippen molar-refractivity contribution < 1.29 is 19.5 Å². The molecule has 2 aliphatic rings. The van der Waals surface area contributed by atoms with E-state index in [0.29, 0.717) is 12.1 Å². The molecule has 1 N–H and O–H groups in total. The number of carbonyl (C=O) groups is 2. The topological polar surface area (TPSA) is 70.1 Å². The second-order valence-corrected chi connectivity index (χ2v) is 5.91. The van der Waals surface area contributed by atoms with Crippen LogP contribution >= 0.6 is 0 Å². The average molecular weight is 324 g/mol. The molecule has 0 spiro atoms. The van der Waals surface area contributed by atoms with E-state index in [1.54, 1.807) is 12.1 Å². The van der Waals surface area contributed by atoms with Crippen molar-refractivity contribution in [2.75, 3.05) is 6.54 Å². The molecule has 1 fully saturated rings. The van der Waals surface area contributed by atoms with Crippen molar-refractivity contribution in [2.45, 2.75) is 18.7 Å². The molecule has 1 saturated heterocycles. The second kappa shape index (κ2) is 5.65. The molecule has 1 unspecified atom stereocenters. The van der Waals surface area contributed by atoms with Crippen molar-refractivity contribution >= 4 is 12.0 Å². The fourth-order valence-corrected chi connectivity index (χ4v) is 3.40. The van der Waals surface area contributed by atoms with Crippen LogP contribution in [0.5, 0.6) is 0 Å². The smallest absolute Gasteiger partial charge is 0.345 e. The van der Waals surface area contributed by atoms with Gasteiger partial charge in [-0.05, 0) is 16.7 Å². The number of hydrogen-bond donors (Lipinski definition) is 1. The number of aliphatic carboxylic acids is 1. The van der Waals surface area contributed by atoms with E-state index in [2.05, 4.69) is 0 Å². The number of nitrogens with zero attached hydrogens (tertiary/aromatic N) is 2. The summed E-state index contributed by atoms with van der Waals surface area (Å²) in [7, 11) is 0. The number of amides is 2. The molecule has 24 heavy (non-hydrogen) atoms. The molecule has 2 atom stereocenters. The van der Waals surface area contributed by atoms with Gasteiger partial charge < -0.3 is 10.0 Å². The van der Waals surface area contributed by atoms with Crippen LogP contribution in [0.3, 0.4) is 0 Å². The van der Waals surface area contributed by atoms with Gasteiger partial charge in [0.25, 0.3) is 0 Å². The molecule has 2 aliphatic heterocycles. The lowest BCUT2D eigenvalue weighted by atomic mass is 9.91. The molecule has 122 valence electrons. The number of benzene rings is 2. The van der Waals surface area contributed by atoms with E-state index in [-0.39, 0.29) is 12.6 Å². The summed E-state index contributed by atoms with van der Waals surface area (Å²) in [5.74, 6) is -1.03. The zero-order chi connectivity index (χ0) is 16.7. The van der Waals surface area contributed by atoms with Gasteiger partial charge in [-0.1, -0.05) is 54.6 Å². The molecule has 0 saturated carbocycles. The minimum atomic E-state index is -1.03. The molecule has 0 aromatic heterocycles. The van der Waals surface area contributed by atoms with E-state index >= 15 is 0 Å². The molecule has 2 amide bonds. The van der Waals surface area contributed by atoms with Gasteiger partial charge >= 0.3 is 12.0 Å². The van der Waals surface area contributed by atoms with Crippen LogP contribution in [0, 0.1) is 0 Å². The Labute approximate surface area is 138 Å². The lowest BCUT2D eigenvalue weighted by Crippen LogP contribution is -2.38. The maximum absolute atomic E-state index is 12.7. The van der Waals surface area contributed by atoms with E-state index in [1.807, 2.05) is 42.5 Å². The van der Waals surface area contributed by atoms with Crippen LogP contribution in [0.4, 0.5) is 4.79 Å². The largest absolute Gasteiger partial charge is 0.479 e. The van der Waals surface area contributed by atoms with E-state index in [1.165, 1.54) is 9.96 Å². The minimum absolute atomic E-state index is 0.261. The first-order chi connectivity index (χ1) is 11.7. The fraction of sp³-hybridized carbons (Fsp3) is 0.222. The molecule has 2 aromatic rings. The molecule has 4 rings (SSSR count). The van der Waals surface area contributed by atoms with Crippen LogP contribution in [0.2, 0.25) is 0 Å². The van der Waals surface area contributed by atoms with E-state index in [0.717, 1.165) is 11.1 Å². The first-order valence-electron chi connectivity index (χ1n) is 7.75. The van der Waals surface area contributed by atoms with Crippen LogP contribution in [-0.2, 0) is 16.2 Å². The van der Waals surface area contributed by atoms with Gasteiger partial charge in [-0.3, -0.25) is 4.84 Å². The Balaban J connectivity index is 1.65. The van der Waals surface area contributed by atoms with Gasteiger partial charge in [-0.15, -0.1) is 0 Å². The standard InChI is InChI=1S/C18H16N2O4/c21-17(22)16-14-9-5-4-8-13(14)15-10-19(16)18(23)20(15)24-11-12-6-2-1-3-7-12/h1-9,15-16H,10-11H2,(H,21,22)/t15-,16?/m0/s1. The lowest BCUT2D eigenvalue weighted by molar-refractivity contribution is -0.143. The first-order valence-corrected chi connectivity index (χ1v) is 7.75. The molecule has 2 heterocycles. The van der Waals surface area contributed by atoms with Gasteiger partial charge in [0.2, 0.25) is 0 Å². The van der Waals surface area contributed by atoms with Gasteiger partial charge in [0.05, 0.1) is 6.54 Å². The summed E-state index contributed by atoms with van der Waals surface area (Å²) >= 11 is 0. The summed E-state index contributed by atoms with van der Waals surface area (Å²) in [6.07, 6.45) is 0. The highest BCUT2D eigenvalue weighted by molar-refractivity contribution is 5.87. The Bertz CT molecular complexity index is 793. The molecule has 0 aliphatic carbocycles. The third-order valence-corrected chi connectivity index (χ3v) is 4.50. The summed E-state index contributed by atoms with van der Waals surface area (Å²) in [6.45, 7) is 0.582.